The number of nitrogens with one attached hydrogen (secondary N) is 1. The van der Waals surface area contributed by atoms with E-state index in [-0.39, 0.29) is 5.75 Å². The number of para-hydroxylation sites is 1. The molecule has 7 nitrogen and oxygen atoms in total. The molecule has 22 heavy (non-hydrogen) atoms. The fraction of sp³-hybridized carbons (Fsp3) is 0.286. The number of nitrogen functional groups attached to an aromatic ring is 1. The first-order valence-electron chi connectivity index (χ1n) is 6.92. The molecule has 0 saturated carbocycles. The molecule has 0 radical (unpaired) electrons. The Kier molecular flexibility index (Phi) is 3.71. The average Bonchev–Trinajstić information content (AvgIpc) is 2.92. The number of rotatable bonds is 5. The second-order valence-electron chi connectivity index (χ2n) is 5.03. The minimum atomic E-state index is -3.20. The van der Waals surface area contributed by atoms with Crippen molar-refractivity contribution in [3.63, 3.8) is 0 Å². The van der Waals surface area contributed by atoms with Gasteiger partial charge >= 0.3 is 0 Å². The maximum absolute atomic E-state index is 11.5. The summed E-state index contributed by atoms with van der Waals surface area (Å²) in [5.74, 6) is 0.456. The first-order valence-corrected chi connectivity index (χ1v) is 8.57. The molecular formula is C14H17N5O2S. The quantitative estimate of drug-likeness (QED) is 0.733. The Labute approximate surface area is 128 Å². The van der Waals surface area contributed by atoms with Crippen LogP contribution in [0.25, 0.3) is 21.9 Å². The maximum atomic E-state index is 11.5. The summed E-state index contributed by atoms with van der Waals surface area (Å²) < 4.78 is 27.2. The molecule has 3 rings (SSSR count). The molecule has 3 aromatic rings. The normalized spacial score (nSPS) is 12.2. The maximum Gasteiger partial charge on any atom is 0.211 e. The third kappa shape index (κ3) is 2.62. The number of nitrogens with two attached hydrogens (primary N) is 1. The van der Waals surface area contributed by atoms with Gasteiger partial charge in [-0.3, -0.25) is 0 Å². The van der Waals surface area contributed by atoms with Crippen LogP contribution in [0.1, 0.15) is 6.42 Å². The predicted octanol–water partition coefficient (Wildman–Crippen LogP) is 1.11. The van der Waals surface area contributed by atoms with Crippen LogP contribution >= 0.6 is 0 Å². The van der Waals surface area contributed by atoms with E-state index in [0.717, 1.165) is 16.4 Å². The van der Waals surface area contributed by atoms with Gasteiger partial charge in [0.2, 0.25) is 10.0 Å². The molecular weight excluding hydrogens is 302 g/mol. The molecule has 2 heterocycles. The summed E-state index contributed by atoms with van der Waals surface area (Å²) in [5, 5.41) is 0.959. The number of anilines is 1. The molecule has 8 heteroatoms. The first kappa shape index (κ1) is 14.7. The van der Waals surface area contributed by atoms with E-state index in [1.807, 2.05) is 28.8 Å². The highest BCUT2D eigenvalue weighted by molar-refractivity contribution is 7.89. The Bertz CT molecular complexity index is 933. The van der Waals surface area contributed by atoms with Crippen LogP contribution in [0.5, 0.6) is 0 Å². The van der Waals surface area contributed by atoms with Gasteiger partial charge in [-0.25, -0.2) is 23.1 Å². The highest BCUT2D eigenvalue weighted by Crippen LogP contribution is 2.26. The summed E-state index contributed by atoms with van der Waals surface area (Å²) in [5.41, 5.74) is 8.31. The van der Waals surface area contributed by atoms with Gasteiger partial charge < -0.3 is 10.3 Å². The zero-order valence-electron chi connectivity index (χ0n) is 12.2. The van der Waals surface area contributed by atoms with Crippen LogP contribution in [0.3, 0.4) is 0 Å². The van der Waals surface area contributed by atoms with Gasteiger partial charge in [0.15, 0.2) is 5.82 Å². The highest BCUT2D eigenvalue weighted by Gasteiger charge is 2.13. The SMILES string of the molecule is CNS(=O)(=O)CCCn1cnc2c(N)nc3ccccc3c21. The standard InChI is InChI=1S/C14H17N5O2S/c1-16-22(20,21)8-4-7-19-9-17-12-13(19)10-5-2-3-6-11(10)18-14(12)15/h2-3,5-6,9,16H,4,7-8H2,1H3,(H2,15,18). The number of pyridine rings is 1. The fourth-order valence-electron chi connectivity index (χ4n) is 2.50. The molecule has 0 aliphatic heterocycles. The van der Waals surface area contributed by atoms with Gasteiger partial charge in [-0.2, -0.15) is 0 Å². The second-order valence-corrected chi connectivity index (χ2v) is 7.07. The third-order valence-electron chi connectivity index (χ3n) is 3.60. The Hall–Kier alpha value is -2.19. The van der Waals surface area contributed by atoms with Crippen molar-refractivity contribution in [2.24, 2.45) is 0 Å². The molecule has 116 valence electrons. The molecule has 0 aliphatic rings. The van der Waals surface area contributed by atoms with E-state index in [0.29, 0.717) is 24.3 Å². The van der Waals surface area contributed by atoms with E-state index >= 15 is 0 Å². The third-order valence-corrected chi connectivity index (χ3v) is 5.05. The summed E-state index contributed by atoms with van der Waals surface area (Å²) >= 11 is 0. The predicted molar refractivity (Wildman–Crippen MR) is 86.9 cm³/mol. The summed E-state index contributed by atoms with van der Waals surface area (Å²) in [4.78, 5) is 8.66. The number of hydrogen-bond acceptors (Lipinski definition) is 5. The van der Waals surface area contributed by atoms with Gasteiger partial charge in [0.05, 0.1) is 23.1 Å². The summed E-state index contributed by atoms with van der Waals surface area (Å²) in [6.07, 6.45) is 2.17. The summed E-state index contributed by atoms with van der Waals surface area (Å²) in [7, 11) is -1.78. The van der Waals surface area contributed by atoms with Crippen molar-refractivity contribution in [3.8, 4) is 0 Å². The number of nitrogens with zero attached hydrogens (tertiary/aromatic N) is 3. The Morgan fingerprint density at radius 2 is 2.09 bits per heavy atom. The van der Waals surface area contributed by atoms with E-state index in [1.165, 1.54) is 7.05 Å². The van der Waals surface area contributed by atoms with Crippen LogP contribution in [0, 0.1) is 0 Å². The van der Waals surface area contributed by atoms with E-state index in [4.69, 9.17) is 5.73 Å². The molecule has 0 spiro atoms. The Balaban J connectivity index is 2.00. The van der Waals surface area contributed by atoms with Crippen LogP contribution in [0.2, 0.25) is 0 Å². The van der Waals surface area contributed by atoms with Crippen molar-refractivity contribution in [2.75, 3.05) is 18.5 Å². The zero-order chi connectivity index (χ0) is 15.7. The lowest BCUT2D eigenvalue weighted by Crippen LogP contribution is -2.22. The van der Waals surface area contributed by atoms with Crippen molar-refractivity contribution in [2.45, 2.75) is 13.0 Å². The van der Waals surface area contributed by atoms with Crippen LogP contribution in [0.15, 0.2) is 30.6 Å². The van der Waals surface area contributed by atoms with Crippen molar-refractivity contribution in [1.82, 2.24) is 19.3 Å². The van der Waals surface area contributed by atoms with Gasteiger partial charge in [-0.1, -0.05) is 18.2 Å². The van der Waals surface area contributed by atoms with Crippen LogP contribution in [0.4, 0.5) is 5.82 Å². The second kappa shape index (κ2) is 5.54. The molecule has 0 amide bonds. The minimum absolute atomic E-state index is 0.0711. The largest absolute Gasteiger partial charge is 0.382 e. The number of sulfonamides is 1. The first-order chi connectivity index (χ1) is 10.5. The Morgan fingerprint density at radius 3 is 2.86 bits per heavy atom. The van der Waals surface area contributed by atoms with E-state index in [9.17, 15) is 8.42 Å². The van der Waals surface area contributed by atoms with Crippen LogP contribution in [-0.4, -0.2) is 35.8 Å². The molecule has 3 N–H and O–H groups in total. The summed E-state index contributed by atoms with van der Waals surface area (Å²) in [6, 6.07) is 7.70. The van der Waals surface area contributed by atoms with E-state index in [1.54, 1.807) is 6.33 Å². The monoisotopic (exact) mass is 319 g/mol. The lowest BCUT2D eigenvalue weighted by atomic mass is 10.2. The molecule has 0 saturated heterocycles. The highest BCUT2D eigenvalue weighted by atomic mass is 32.2. The molecule has 0 fully saturated rings. The number of imidazole rings is 1. The van der Waals surface area contributed by atoms with Gasteiger partial charge in [-0.15, -0.1) is 0 Å². The molecule has 1 aromatic carbocycles. The van der Waals surface area contributed by atoms with Crippen molar-refractivity contribution in [3.05, 3.63) is 30.6 Å². The molecule has 2 aromatic heterocycles. The zero-order valence-corrected chi connectivity index (χ0v) is 13.0. The molecule has 0 aliphatic carbocycles. The number of fused-ring (bicyclic) bond motifs is 3. The Morgan fingerprint density at radius 1 is 1.32 bits per heavy atom. The van der Waals surface area contributed by atoms with Gasteiger partial charge in [0.1, 0.15) is 5.52 Å². The van der Waals surface area contributed by atoms with Crippen LogP contribution < -0.4 is 10.5 Å². The van der Waals surface area contributed by atoms with Crippen molar-refractivity contribution in [1.29, 1.82) is 0 Å². The number of benzene rings is 1. The molecule has 0 bridgehead atoms. The molecule has 0 unspecified atom stereocenters. The topological polar surface area (TPSA) is 103 Å². The number of hydrogen-bond donors (Lipinski definition) is 2. The summed E-state index contributed by atoms with van der Waals surface area (Å²) in [6.45, 7) is 0.546. The minimum Gasteiger partial charge on any atom is -0.382 e. The fourth-order valence-corrected chi connectivity index (χ4v) is 3.22. The van der Waals surface area contributed by atoms with E-state index in [2.05, 4.69) is 14.7 Å². The van der Waals surface area contributed by atoms with Crippen molar-refractivity contribution >= 4 is 37.8 Å². The molecule has 0 atom stereocenters. The van der Waals surface area contributed by atoms with Crippen LogP contribution in [-0.2, 0) is 16.6 Å². The van der Waals surface area contributed by atoms with Gasteiger partial charge in [-0.05, 0) is 19.5 Å². The lowest BCUT2D eigenvalue weighted by Gasteiger charge is -2.08. The van der Waals surface area contributed by atoms with Gasteiger partial charge in [0, 0.05) is 11.9 Å². The van der Waals surface area contributed by atoms with Crippen molar-refractivity contribution < 1.29 is 8.42 Å². The van der Waals surface area contributed by atoms with E-state index < -0.39 is 10.0 Å². The lowest BCUT2D eigenvalue weighted by molar-refractivity contribution is 0.580. The number of aryl methyl sites for hydroxylation is 1. The average molecular weight is 319 g/mol. The smallest absolute Gasteiger partial charge is 0.211 e. The van der Waals surface area contributed by atoms with Gasteiger partial charge in [0.25, 0.3) is 0 Å². The number of aromatic nitrogens is 3.